The van der Waals surface area contributed by atoms with E-state index >= 15 is 0 Å². The minimum absolute atomic E-state index is 0.246. The van der Waals surface area contributed by atoms with Gasteiger partial charge in [-0.15, -0.1) is 0 Å². The first-order chi connectivity index (χ1) is 18.9. The number of unbranched alkanes of at least 4 members (excludes halogenated alkanes) is 2. The van der Waals surface area contributed by atoms with E-state index < -0.39 is 0 Å². The van der Waals surface area contributed by atoms with E-state index in [1.165, 1.54) is 6.42 Å². The van der Waals surface area contributed by atoms with Gasteiger partial charge < -0.3 is 19.7 Å². The molecule has 206 valence electrons. The SMILES string of the molecule is COc1ccc(N2CCN(CCCC/C=C/c3ccc(NC(=O)c4cc(Cl)cc(Cl)c4)cc3)CC2)c(OC)c1. The molecular weight excluding hydrogens is 533 g/mol. The van der Waals surface area contributed by atoms with Crippen LogP contribution in [0.2, 0.25) is 10.0 Å². The highest BCUT2D eigenvalue weighted by Crippen LogP contribution is 2.32. The standard InChI is InChI=1S/C31H35Cl2N3O3/c1-38-28-12-13-29(30(22-28)39-2)36-17-15-35(16-18-36)14-6-4-3-5-7-23-8-10-27(11-9-23)34-31(37)24-19-25(32)21-26(33)20-24/h5,7-13,19-22H,3-4,6,14-18H2,1-2H3,(H,34,37)/b7-5+. The van der Waals surface area contributed by atoms with Crippen LogP contribution >= 0.6 is 23.2 Å². The average Bonchev–Trinajstić information content (AvgIpc) is 2.95. The van der Waals surface area contributed by atoms with E-state index in [1.54, 1.807) is 32.4 Å². The first-order valence-electron chi connectivity index (χ1n) is 13.2. The first kappa shape index (κ1) is 28.8. The van der Waals surface area contributed by atoms with Gasteiger partial charge in [0.1, 0.15) is 11.5 Å². The van der Waals surface area contributed by atoms with Crippen molar-refractivity contribution in [3.8, 4) is 11.5 Å². The molecule has 1 aliphatic heterocycles. The molecule has 0 bridgehead atoms. The summed E-state index contributed by atoms with van der Waals surface area (Å²) >= 11 is 12.0. The van der Waals surface area contributed by atoms with E-state index in [9.17, 15) is 4.79 Å². The van der Waals surface area contributed by atoms with Crippen LogP contribution in [0.5, 0.6) is 11.5 Å². The molecule has 0 spiro atoms. The Kier molecular flexibility index (Phi) is 10.5. The predicted molar refractivity (Wildman–Crippen MR) is 162 cm³/mol. The highest BCUT2D eigenvalue weighted by molar-refractivity contribution is 6.35. The van der Waals surface area contributed by atoms with Crippen LogP contribution < -0.4 is 19.7 Å². The highest BCUT2D eigenvalue weighted by atomic mass is 35.5. The van der Waals surface area contributed by atoms with Crippen molar-refractivity contribution >= 4 is 46.6 Å². The Morgan fingerprint density at radius 1 is 0.897 bits per heavy atom. The number of amides is 1. The fourth-order valence-electron chi connectivity index (χ4n) is 4.64. The van der Waals surface area contributed by atoms with Crippen molar-refractivity contribution in [1.29, 1.82) is 0 Å². The predicted octanol–water partition coefficient (Wildman–Crippen LogP) is 7.27. The Morgan fingerprint density at radius 2 is 1.62 bits per heavy atom. The largest absolute Gasteiger partial charge is 0.497 e. The molecule has 0 unspecified atom stereocenters. The second kappa shape index (κ2) is 14.3. The zero-order valence-corrected chi connectivity index (χ0v) is 24.0. The van der Waals surface area contributed by atoms with Crippen LogP contribution in [-0.2, 0) is 0 Å². The summed E-state index contributed by atoms with van der Waals surface area (Å²) < 4.78 is 10.9. The van der Waals surface area contributed by atoms with Crippen LogP contribution in [0.1, 0.15) is 35.2 Å². The highest BCUT2D eigenvalue weighted by Gasteiger charge is 2.19. The number of rotatable bonds is 11. The third kappa shape index (κ3) is 8.40. The number of methoxy groups -OCH3 is 2. The second-order valence-corrected chi connectivity index (χ2v) is 10.4. The quantitative estimate of drug-likeness (QED) is 0.247. The smallest absolute Gasteiger partial charge is 0.255 e. The Bertz CT molecular complexity index is 1250. The molecule has 1 saturated heterocycles. The van der Waals surface area contributed by atoms with Crippen molar-refractivity contribution in [2.75, 3.05) is 57.2 Å². The van der Waals surface area contributed by atoms with Gasteiger partial charge in [0, 0.05) is 53.5 Å². The van der Waals surface area contributed by atoms with Gasteiger partial charge in [-0.05, 0) is 73.8 Å². The van der Waals surface area contributed by atoms with E-state index in [-0.39, 0.29) is 5.91 Å². The van der Waals surface area contributed by atoms with E-state index in [2.05, 4.69) is 33.3 Å². The molecule has 0 aromatic heterocycles. The molecule has 6 nitrogen and oxygen atoms in total. The molecule has 1 amide bonds. The summed E-state index contributed by atoms with van der Waals surface area (Å²) in [4.78, 5) is 17.4. The molecule has 0 saturated carbocycles. The second-order valence-electron chi connectivity index (χ2n) is 9.50. The fraction of sp³-hybridized carbons (Fsp3) is 0.323. The monoisotopic (exact) mass is 567 g/mol. The summed E-state index contributed by atoms with van der Waals surface area (Å²) in [6.07, 6.45) is 7.71. The Morgan fingerprint density at radius 3 is 2.28 bits per heavy atom. The Labute approximate surface area is 241 Å². The number of nitrogens with one attached hydrogen (secondary N) is 1. The zero-order chi connectivity index (χ0) is 27.6. The van der Waals surface area contributed by atoms with Crippen molar-refractivity contribution in [2.45, 2.75) is 19.3 Å². The number of halogens is 2. The van der Waals surface area contributed by atoms with Crippen molar-refractivity contribution in [1.82, 2.24) is 4.90 Å². The topological polar surface area (TPSA) is 54.0 Å². The van der Waals surface area contributed by atoms with Crippen LogP contribution in [0, 0.1) is 0 Å². The third-order valence-electron chi connectivity index (χ3n) is 6.80. The molecule has 4 rings (SSSR count). The van der Waals surface area contributed by atoms with Crippen LogP contribution in [0.3, 0.4) is 0 Å². The van der Waals surface area contributed by atoms with Crippen LogP contribution in [0.15, 0.2) is 66.7 Å². The number of anilines is 2. The van der Waals surface area contributed by atoms with Crippen LogP contribution in [0.4, 0.5) is 11.4 Å². The number of piperazine rings is 1. The minimum Gasteiger partial charge on any atom is -0.497 e. The normalized spacial score (nSPS) is 14.0. The zero-order valence-electron chi connectivity index (χ0n) is 22.5. The number of hydrogen-bond donors (Lipinski definition) is 1. The number of carbonyl (C=O) groups excluding carboxylic acids is 1. The van der Waals surface area contributed by atoms with Gasteiger partial charge in [-0.3, -0.25) is 9.69 Å². The lowest BCUT2D eigenvalue weighted by molar-refractivity contribution is 0.102. The number of hydrogen-bond acceptors (Lipinski definition) is 5. The van der Waals surface area contributed by atoms with Crippen molar-refractivity contribution < 1.29 is 14.3 Å². The van der Waals surface area contributed by atoms with E-state index in [0.717, 1.165) is 74.0 Å². The maximum atomic E-state index is 12.5. The fourth-order valence-corrected chi connectivity index (χ4v) is 5.17. The lowest BCUT2D eigenvalue weighted by atomic mass is 10.1. The molecule has 3 aromatic rings. The number of ether oxygens (including phenoxy) is 2. The first-order valence-corrected chi connectivity index (χ1v) is 13.9. The summed E-state index contributed by atoms with van der Waals surface area (Å²) in [6.45, 7) is 5.21. The molecule has 1 heterocycles. The molecule has 1 aliphatic rings. The molecule has 0 radical (unpaired) electrons. The maximum absolute atomic E-state index is 12.5. The van der Waals surface area contributed by atoms with Crippen molar-refractivity contribution in [3.05, 3.63) is 87.9 Å². The average molecular weight is 569 g/mol. The number of carbonyl (C=O) groups is 1. The summed E-state index contributed by atoms with van der Waals surface area (Å²) in [7, 11) is 3.38. The molecule has 1 fully saturated rings. The molecule has 3 aromatic carbocycles. The summed E-state index contributed by atoms with van der Waals surface area (Å²) in [5, 5.41) is 3.74. The molecule has 1 N–H and O–H groups in total. The number of allylic oxidation sites excluding steroid dienone is 1. The Balaban J connectivity index is 1.14. The van der Waals surface area contributed by atoms with Gasteiger partial charge >= 0.3 is 0 Å². The van der Waals surface area contributed by atoms with Crippen molar-refractivity contribution in [3.63, 3.8) is 0 Å². The van der Waals surface area contributed by atoms with Crippen LogP contribution in [-0.4, -0.2) is 57.8 Å². The summed E-state index contributed by atoms with van der Waals surface area (Å²) in [6, 6.07) is 18.6. The number of benzene rings is 3. The van der Waals surface area contributed by atoms with Crippen LogP contribution in [0.25, 0.3) is 6.08 Å². The summed E-state index contributed by atoms with van der Waals surface area (Å²) in [5.74, 6) is 1.42. The molecule has 39 heavy (non-hydrogen) atoms. The van der Waals surface area contributed by atoms with Gasteiger partial charge in [-0.25, -0.2) is 0 Å². The van der Waals surface area contributed by atoms with Gasteiger partial charge in [0.2, 0.25) is 0 Å². The lowest BCUT2D eigenvalue weighted by Gasteiger charge is -2.36. The van der Waals surface area contributed by atoms with Gasteiger partial charge in [0.25, 0.3) is 5.91 Å². The van der Waals surface area contributed by atoms with Gasteiger partial charge in [-0.2, -0.15) is 0 Å². The number of nitrogens with zero attached hydrogens (tertiary/aromatic N) is 2. The molecular formula is C31H35Cl2N3O3. The van der Waals surface area contributed by atoms with Gasteiger partial charge in [0.15, 0.2) is 0 Å². The van der Waals surface area contributed by atoms with Gasteiger partial charge in [0.05, 0.1) is 19.9 Å². The molecule has 8 heteroatoms. The van der Waals surface area contributed by atoms with E-state index in [4.69, 9.17) is 32.7 Å². The van der Waals surface area contributed by atoms with Crippen molar-refractivity contribution in [2.24, 2.45) is 0 Å². The van der Waals surface area contributed by atoms with Gasteiger partial charge in [-0.1, -0.05) is 47.5 Å². The van der Waals surface area contributed by atoms with E-state index in [0.29, 0.717) is 15.6 Å². The summed E-state index contributed by atoms with van der Waals surface area (Å²) in [5.41, 5.74) is 3.38. The maximum Gasteiger partial charge on any atom is 0.255 e. The third-order valence-corrected chi connectivity index (χ3v) is 7.24. The van der Waals surface area contributed by atoms with E-state index in [1.807, 2.05) is 36.4 Å². The lowest BCUT2D eigenvalue weighted by Crippen LogP contribution is -2.46. The molecule has 0 aliphatic carbocycles. The Hall–Kier alpha value is -3.19. The molecule has 0 atom stereocenters. The minimum atomic E-state index is -0.246.